The third kappa shape index (κ3) is 5.98. The van der Waals surface area contributed by atoms with E-state index in [-0.39, 0.29) is 5.91 Å². The molecule has 0 unspecified atom stereocenters. The standard InChI is InChI=1S/C29H36N6O/c1-20(2)28-25-16-23(22-8-13-35(14-9-22)19-27(36)33-12-4-11-31)6-7-26(25)34-29(28)24-15-21(5-3-10-30)17-32-18-24/h6-7,15-16,18,20,22,32,34H,3-5,8-9,12-14,17,19H2,1-2H3,(H,33,36). The molecule has 2 aromatic rings. The quantitative estimate of drug-likeness (QED) is 0.448. The van der Waals surface area contributed by atoms with Crippen molar-refractivity contribution in [1.29, 1.82) is 10.5 Å². The molecule has 0 saturated carbocycles. The monoisotopic (exact) mass is 484 g/mol. The summed E-state index contributed by atoms with van der Waals surface area (Å²) in [4.78, 5) is 18.0. The van der Waals surface area contributed by atoms with E-state index in [0.717, 1.165) is 55.7 Å². The molecule has 7 nitrogen and oxygen atoms in total. The summed E-state index contributed by atoms with van der Waals surface area (Å²) in [6, 6.07) is 11.1. The zero-order valence-electron chi connectivity index (χ0n) is 21.4. The Morgan fingerprint density at radius 1 is 1.19 bits per heavy atom. The number of amides is 1. The van der Waals surface area contributed by atoms with Crippen LogP contribution >= 0.6 is 0 Å². The Bertz CT molecular complexity index is 1230. The van der Waals surface area contributed by atoms with Crippen LogP contribution in [-0.4, -0.2) is 48.5 Å². The largest absolute Gasteiger partial charge is 0.387 e. The number of H-pyrrole nitrogens is 1. The van der Waals surface area contributed by atoms with Gasteiger partial charge in [0.1, 0.15) is 0 Å². The summed E-state index contributed by atoms with van der Waals surface area (Å²) in [6.07, 6.45) is 8.07. The number of aromatic nitrogens is 1. The van der Waals surface area contributed by atoms with Crippen LogP contribution in [0.15, 0.2) is 36.0 Å². The maximum Gasteiger partial charge on any atom is 0.234 e. The molecule has 3 heterocycles. The lowest BCUT2D eigenvalue weighted by molar-refractivity contribution is -0.122. The number of fused-ring (bicyclic) bond motifs is 1. The van der Waals surface area contributed by atoms with Crippen LogP contribution in [0.2, 0.25) is 0 Å². The molecule has 0 spiro atoms. The number of benzene rings is 1. The van der Waals surface area contributed by atoms with Crippen LogP contribution in [-0.2, 0) is 4.79 Å². The van der Waals surface area contributed by atoms with Gasteiger partial charge in [-0.15, -0.1) is 0 Å². The smallest absolute Gasteiger partial charge is 0.234 e. The number of aromatic amines is 1. The van der Waals surface area contributed by atoms with Gasteiger partial charge in [0.2, 0.25) is 5.91 Å². The van der Waals surface area contributed by atoms with Crippen molar-refractivity contribution in [3.05, 3.63) is 52.9 Å². The Morgan fingerprint density at radius 2 is 1.97 bits per heavy atom. The molecule has 1 amide bonds. The maximum atomic E-state index is 12.1. The van der Waals surface area contributed by atoms with E-state index < -0.39 is 0 Å². The summed E-state index contributed by atoms with van der Waals surface area (Å²) in [5, 5.41) is 25.1. The predicted molar refractivity (Wildman–Crippen MR) is 143 cm³/mol. The number of nitriles is 2. The average molecular weight is 485 g/mol. The zero-order valence-corrected chi connectivity index (χ0v) is 21.4. The number of dihydropyridines is 1. The summed E-state index contributed by atoms with van der Waals surface area (Å²) < 4.78 is 0. The lowest BCUT2D eigenvalue weighted by Crippen LogP contribution is -2.41. The molecular weight excluding hydrogens is 448 g/mol. The highest BCUT2D eigenvalue weighted by molar-refractivity contribution is 5.92. The van der Waals surface area contributed by atoms with E-state index in [1.54, 1.807) is 0 Å². The fourth-order valence-corrected chi connectivity index (χ4v) is 5.38. The topological polar surface area (TPSA) is 108 Å². The molecule has 7 heteroatoms. The second kappa shape index (κ2) is 11.9. The van der Waals surface area contributed by atoms with Crippen LogP contribution in [0.25, 0.3) is 16.5 Å². The number of carbonyl (C=O) groups excluding carboxylic acids is 1. The first-order chi connectivity index (χ1) is 17.5. The summed E-state index contributed by atoms with van der Waals surface area (Å²) in [5.41, 5.74) is 7.43. The Labute approximate surface area is 213 Å². The van der Waals surface area contributed by atoms with Crippen molar-refractivity contribution in [2.45, 2.75) is 57.8 Å². The molecule has 1 saturated heterocycles. The highest BCUT2D eigenvalue weighted by Gasteiger charge is 2.24. The van der Waals surface area contributed by atoms with Gasteiger partial charge in [-0.3, -0.25) is 9.69 Å². The first kappa shape index (κ1) is 25.5. The molecular formula is C29H36N6O. The van der Waals surface area contributed by atoms with Gasteiger partial charge in [0.05, 0.1) is 30.8 Å². The number of hydrogen-bond acceptors (Lipinski definition) is 5. The molecule has 4 rings (SSSR count). The fraction of sp³-hybridized carbons (Fsp3) is 0.483. The van der Waals surface area contributed by atoms with E-state index in [0.29, 0.717) is 37.8 Å². The van der Waals surface area contributed by atoms with Gasteiger partial charge in [-0.2, -0.15) is 10.5 Å². The van der Waals surface area contributed by atoms with Crippen molar-refractivity contribution in [2.24, 2.45) is 0 Å². The van der Waals surface area contributed by atoms with Gasteiger partial charge in [0.15, 0.2) is 0 Å². The minimum absolute atomic E-state index is 0.00267. The number of carbonyl (C=O) groups is 1. The number of nitrogens with one attached hydrogen (secondary N) is 3. The first-order valence-corrected chi connectivity index (χ1v) is 13.0. The number of likely N-dealkylation sites (tertiary alicyclic amines) is 1. The van der Waals surface area contributed by atoms with Gasteiger partial charge in [-0.1, -0.05) is 26.0 Å². The molecule has 0 bridgehead atoms. The van der Waals surface area contributed by atoms with E-state index in [1.165, 1.54) is 22.1 Å². The van der Waals surface area contributed by atoms with Crippen LogP contribution in [0.4, 0.5) is 0 Å². The normalized spacial score (nSPS) is 16.7. The van der Waals surface area contributed by atoms with Crippen LogP contribution in [0.3, 0.4) is 0 Å². The molecule has 3 N–H and O–H groups in total. The molecule has 188 valence electrons. The Hall–Kier alpha value is -3.55. The lowest BCUT2D eigenvalue weighted by atomic mass is 9.87. The van der Waals surface area contributed by atoms with Crippen molar-refractivity contribution in [1.82, 2.24) is 20.5 Å². The number of nitrogens with zero attached hydrogens (tertiary/aromatic N) is 3. The predicted octanol–water partition coefficient (Wildman–Crippen LogP) is 4.67. The molecule has 1 aromatic heterocycles. The van der Waals surface area contributed by atoms with E-state index in [4.69, 9.17) is 10.5 Å². The van der Waals surface area contributed by atoms with Crippen LogP contribution < -0.4 is 10.6 Å². The molecule has 1 fully saturated rings. The van der Waals surface area contributed by atoms with E-state index in [1.807, 2.05) is 0 Å². The van der Waals surface area contributed by atoms with E-state index in [9.17, 15) is 4.79 Å². The molecule has 0 atom stereocenters. The third-order valence-electron chi connectivity index (χ3n) is 7.22. The van der Waals surface area contributed by atoms with E-state index >= 15 is 0 Å². The Balaban J connectivity index is 1.49. The van der Waals surface area contributed by atoms with Crippen molar-refractivity contribution in [3.63, 3.8) is 0 Å². The van der Waals surface area contributed by atoms with Gasteiger partial charge in [0, 0.05) is 42.2 Å². The van der Waals surface area contributed by atoms with Gasteiger partial charge < -0.3 is 15.6 Å². The van der Waals surface area contributed by atoms with Crippen molar-refractivity contribution >= 4 is 22.4 Å². The molecule has 0 aliphatic carbocycles. The first-order valence-electron chi connectivity index (χ1n) is 13.0. The van der Waals surface area contributed by atoms with Crippen molar-refractivity contribution in [3.8, 4) is 12.1 Å². The third-order valence-corrected chi connectivity index (χ3v) is 7.22. The number of piperidine rings is 1. The zero-order chi connectivity index (χ0) is 25.5. The average Bonchev–Trinajstić information content (AvgIpc) is 3.27. The molecule has 2 aliphatic rings. The summed E-state index contributed by atoms with van der Waals surface area (Å²) in [5.74, 6) is 0.853. The SMILES string of the molecule is CC(C)c1c(C2=CNCC(CCC#N)=C2)[nH]c2ccc(C3CCN(CC(=O)NCCC#N)CC3)cc12. The van der Waals surface area contributed by atoms with Crippen LogP contribution in [0, 0.1) is 22.7 Å². The van der Waals surface area contributed by atoms with E-state index in [2.05, 4.69) is 77.0 Å². The molecule has 36 heavy (non-hydrogen) atoms. The summed E-state index contributed by atoms with van der Waals surface area (Å²) in [7, 11) is 0. The summed E-state index contributed by atoms with van der Waals surface area (Å²) >= 11 is 0. The highest BCUT2D eigenvalue weighted by atomic mass is 16.2. The van der Waals surface area contributed by atoms with Crippen LogP contribution in [0.5, 0.6) is 0 Å². The van der Waals surface area contributed by atoms with Crippen molar-refractivity contribution in [2.75, 3.05) is 32.7 Å². The molecule has 1 aromatic carbocycles. The highest BCUT2D eigenvalue weighted by Crippen LogP contribution is 2.37. The van der Waals surface area contributed by atoms with Crippen molar-refractivity contribution < 1.29 is 4.79 Å². The Kier molecular flexibility index (Phi) is 8.46. The molecule has 0 radical (unpaired) electrons. The second-order valence-electron chi connectivity index (χ2n) is 10.1. The van der Waals surface area contributed by atoms with Gasteiger partial charge >= 0.3 is 0 Å². The van der Waals surface area contributed by atoms with Crippen LogP contribution in [0.1, 0.15) is 74.6 Å². The Morgan fingerprint density at radius 3 is 2.69 bits per heavy atom. The number of rotatable bonds is 9. The van der Waals surface area contributed by atoms with Gasteiger partial charge in [-0.05, 0) is 73.0 Å². The fourth-order valence-electron chi connectivity index (χ4n) is 5.38. The minimum atomic E-state index is 0.00267. The molecule has 2 aliphatic heterocycles. The van der Waals surface area contributed by atoms with Gasteiger partial charge in [0.25, 0.3) is 0 Å². The number of allylic oxidation sites excluding steroid dienone is 2. The van der Waals surface area contributed by atoms with Gasteiger partial charge in [-0.25, -0.2) is 0 Å². The lowest BCUT2D eigenvalue weighted by Gasteiger charge is -2.31. The number of hydrogen-bond donors (Lipinski definition) is 3. The summed E-state index contributed by atoms with van der Waals surface area (Å²) in [6.45, 7) is 7.92. The maximum absolute atomic E-state index is 12.1. The minimum Gasteiger partial charge on any atom is -0.387 e. The second-order valence-corrected chi connectivity index (χ2v) is 10.1.